The number of hydrogen-bond donors (Lipinski definition) is 1. The Labute approximate surface area is 166 Å². The van der Waals surface area contributed by atoms with Gasteiger partial charge in [-0.2, -0.15) is 0 Å². The molecular weight excluding hydrogens is 354 g/mol. The fourth-order valence-corrected chi connectivity index (χ4v) is 4.27. The Bertz CT molecular complexity index is 675. The Balaban J connectivity index is 1.24. The highest BCUT2D eigenvalue weighted by molar-refractivity contribution is 5.92. The molecule has 0 aromatic carbocycles. The van der Waals surface area contributed by atoms with Gasteiger partial charge in [0.25, 0.3) is 5.91 Å². The average Bonchev–Trinajstić information content (AvgIpc) is 3.58. The standard InChI is InChI=1S/C21H31N5O2/c27-20(22-11-10-16-6-7-16)18-8-9-19(24-23-18)25-12-14-26(15-13-25)21(28)17-4-2-1-3-5-17/h8-9,16-17H,1-7,10-15H2,(H,22,27). The number of amides is 2. The molecule has 7 heteroatoms. The van der Waals surface area contributed by atoms with Crippen LogP contribution in [0.5, 0.6) is 0 Å². The molecule has 1 saturated heterocycles. The normalized spacial score (nSPS) is 20.9. The fraction of sp³-hybridized carbons (Fsp3) is 0.714. The monoisotopic (exact) mass is 385 g/mol. The van der Waals surface area contributed by atoms with E-state index in [2.05, 4.69) is 20.4 Å². The molecular formula is C21H31N5O2. The quantitative estimate of drug-likeness (QED) is 0.812. The molecule has 0 atom stereocenters. The van der Waals surface area contributed by atoms with E-state index in [4.69, 9.17) is 0 Å². The van der Waals surface area contributed by atoms with Gasteiger partial charge in [0.1, 0.15) is 0 Å². The van der Waals surface area contributed by atoms with E-state index in [0.717, 1.165) is 57.2 Å². The van der Waals surface area contributed by atoms with Gasteiger partial charge < -0.3 is 15.1 Å². The van der Waals surface area contributed by atoms with Crippen molar-refractivity contribution in [3.05, 3.63) is 17.8 Å². The van der Waals surface area contributed by atoms with Gasteiger partial charge in [-0.25, -0.2) is 0 Å². The van der Waals surface area contributed by atoms with E-state index in [1.54, 1.807) is 6.07 Å². The molecule has 152 valence electrons. The molecule has 7 nitrogen and oxygen atoms in total. The largest absolute Gasteiger partial charge is 0.352 e. The lowest BCUT2D eigenvalue weighted by molar-refractivity contribution is -0.136. The summed E-state index contributed by atoms with van der Waals surface area (Å²) in [4.78, 5) is 29.0. The van der Waals surface area contributed by atoms with Crippen molar-refractivity contribution in [1.82, 2.24) is 20.4 Å². The van der Waals surface area contributed by atoms with Gasteiger partial charge in [0.2, 0.25) is 5.91 Å². The minimum Gasteiger partial charge on any atom is -0.352 e. The molecule has 0 unspecified atom stereocenters. The van der Waals surface area contributed by atoms with Gasteiger partial charge in [0.05, 0.1) is 0 Å². The zero-order chi connectivity index (χ0) is 19.3. The molecule has 0 radical (unpaired) electrons. The van der Waals surface area contributed by atoms with E-state index in [0.29, 0.717) is 18.1 Å². The second-order valence-corrected chi connectivity index (χ2v) is 8.41. The molecule has 2 amide bonds. The van der Waals surface area contributed by atoms with E-state index < -0.39 is 0 Å². The van der Waals surface area contributed by atoms with Gasteiger partial charge in [0, 0.05) is 38.6 Å². The van der Waals surface area contributed by atoms with Gasteiger partial charge in [0.15, 0.2) is 11.5 Å². The zero-order valence-electron chi connectivity index (χ0n) is 16.6. The van der Waals surface area contributed by atoms with Crippen molar-refractivity contribution in [2.24, 2.45) is 11.8 Å². The first-order chi connectivity index (χ1) is 13.7. The third-order valence-corrected chi connectivity index (χ3v) is 6.29. The van der Waals surface area contributed by atoms with Crippen LogP contribution in [0.1, 0.15) is 61.9 Å². The van der Waals surface area contributed by atoms with Crippen LogP contribution >= 0.6 is 0 Å². The van der Waals surface area contributed by atoms with Crippen LogP contribution in [0.25, 0.3) is 0 Å². The van der Waals surface area contributed by atoms with Gasteiger partial charge in [-0.3, -0.25) is 9.59 Å². The number of anilines is 1. The summed E-state index contributed by atoms with van der Waals surface area (Å²) in [6.07, 6.45) is 9.39. The second-order valence-electron chi connectivity index (χ2n) is 8.41. The fourth-order valence-electron chi connectivity index (χ4n) is 4.27. The van der Waals surface area contributed by atoms with E-state index in [-0.39, 0.29) is 11.8 Å². The number of hydrogen-bond acceptors (Lipinski definition) is 5. The first-order valence-electron chi connectivity index (χ1n) is 10.9. The van der Waals surface area contributed by atoms with Crippen molar-refractivity contribution in [2.45, 2.75) is 51.4 Å². The van der Waals surface area contributed by atoms with Crippen LogP contribution in [0.3, 0.4) is 0 Å². The summed E-state index contributed by atoms with van der Waals surface area (Å²) in [7, 11) is 0. The molecule has 1 aromatic heterocycles. The summed E-state index contributed by atoms with van der Waals surface area (Å²) in [5.74, 6) is 2.00. The highest BCUT2D eigenvalue weighted by Gasteiger charge is 2.29. The number of aromatic nitrogens is 2. The van der Waals surface area contributed by atoms with Crippen molar-refractivity contribution < 1.29 is 9.59 Å². The SMILES string of the molecule is O=C(NCCC1CC1)c1ccc(N2CCN(C(=O)C3CCCCC3)CC2)nn1. The Kier molecular flexibility index (Phi) is 6.07. The van der Waals surface area contributed by atoms with Crippen molar-refractivity contribution in [3.63, 3.8) is 0 Å². The molecule has 3 fully saturated rings. The molecule has 1 aromatic rings. The Morgan fingerprint density at radius 1 is 0.964 bits per heavy atom. The van der Waals surface area contributed by atoms with Gasteiger partial charge in [-0.1, -0.05) is 32.1 Å². The maximum Gasteiger partial charge on any atom is 0.271 e. The lowest BCUT2D eigenvalue weighted by Gasteiger charge is -2.37. The highest BCUT2D eigenvalue weighted by atomic mass is 16.2. The predicted octanol–water partition coefficient (Wildman–Crippen LogP) is 2.24. The van der Waals surface area contributed by atoms with Gasteiger partial charge >= 0.3 is 0 Å². The maximum atomic E-state index is 12.7. The van der Waals surface area contributed by atoms with Crippen molar-refractivity contribution >= 4 is 17.6 Å². The third kappa shape index (κ3) is 4.80. The second kappa shape index (κ2) is 8.88. The lowest BCUT2D eigenvalue weighted by Crippen LogP contribution is -2.50. The van der Waals surface area contributed by atoms with Crippen molar-refractivity contribution in [1.29, 1.82) is 0 Å². The molecule has 1 N–H and O–H groups in total. The maximum absolute atomic E-state index is 12.7. The van der Waals surface area contributed by atoms with Gasteiger partial charge in [-0.05, 0) is 37.3 Å². The number of rotatable bonds is 6. The Morgan fingerprint density at radius 3 is 2.36 bits per heavy atom. The van der Waals surface area contributed by atoms with E-state index in [1.165, 1.54) is 32.1 Å². The third-order valence-electron chi connectivity index (χ3n) is 6.29. The van der Waals surface area contributed by atoms with E-state index in [1.807, 2.05) is 11.0 Å². The molecule has 0 spiro atoms. The lowest BCUT2D eigenvalue weighted by atomic mass is 9.88. The molecule has 2 aliphatic carbocycles. The Hall–Kier alpha value is -2.18. The summed E-state index contributed by atoms with van der Waals surface area (Å²) in [5.41, 5.74) is 0.366. The summed E-state index contributed by atoms with van der Waals surface area (Å²) >= 11 is 0. The van der Waals surface area contributed by atoms with Crippen molar-refractivity contribution in [3.8, 4) is 0 Å². The zero-order valence-corrected chi connectivity index (χ0v) is 16.6. The number of carbonyl (C=O) groups is 2. The molecule has 28 heavy (non-hydrogen) atoms. The van der Waals surface area contributed by atoms with Crippen LogP contribution in [-0.2, 0) is 4.79 Å². The minimum absolute atomic E-state index is 0.150. The summed E-state index contributed by atoms with van der Waals surface area (Å²) in [6.45, 7) is 3.71. The van der Waals surface area contributed by atoms with Crippen LogP contribution < -0.4 is 10.2 Å². The van der Waals surface area contributed by atoms with Gasteiger partial charge in [-0.15, -0.1) is 10.2 Å². The number of nitrogens with zero attached hydrogens (tertiary/aromatic N) is 4. The Morgan fingerprint density at radius 2 is 1.71 bits per heavy atom. The molecule has 2 saturated carbocycles. The first kappa shape index (κ1) is 19.2. The van der Waals surface area contributed by atoms with Crippen LogP contribution in [0, 0.1) is 11.8 Å². The molecule has 4 rings (SSSR count). The predicted molar refractivity (Wildman–Crippen MR) is 107 cm³/mol. The topological polar surface area (TPSA) is 78.4 Å². The van der Waals surface area contributed by atoms with E-state index in [9.17, 15) is 9.59 Å². The molecule has 3 aliphatic rings. The number of carbonyl (C=O) groups excluding carboxylic acids is 2. The average molecular weight is 386 g/mol. The number of piperazine rings is 1. The minimum atomic E-state index is -0.150. The van der Waals surface area contributed by atoms with Crippen LogP contribution in [0.2, 0.25) is 0 Å². The van der Waals surface area contributed by atoms with Crippen molar-refractivity contribution in [2.75, 3.05) is 37.6 Å². The molecule has 0 bridgehead atoms. The van der Waals surface area contributed by atoms with Crippen LogP contribution in [0.15, 0.2) is 12.1 Å². The smallest absolute Gasteiger partial charge is 0.271 e. The summed E-state index contributed by atoms with van der Waals surface area (Å²) in [5, 5.41) is 11.3. The number of nitrogens with one attached hydrogen (secondary N) is 1. The molecule has 2 heterocycles. The highest BCUT2D eigenvalue weighted by Crippen LogP contribution is 2.31. The van der Waals surface area contributed by atoms with Crippen LogP contribution in [-0.4, -0.2) is 59.6 Å². The summed E-state index contributed by atoms with van der Waals surface area (Å²) in [6, 6.07) is 3.61. The summed E-state index contributed by atoms with van der Waals surface area (Å²) < 4.78 is 0. The first-order valence-corrected chi connectivity index (χ1v) is 10.9. The van der Waals surface area contributed by atoms with E-state index >= 15 is 0 Å². The van der Waals surface area contributed by atoms with Crippen LogP contribution in [0.4, 0.5) is 5.82 Å². The molecule has 1 aliphatic heterocycles.